The van der Waals surface area contributed by atoms with Gasteiger partial charge >= 0.3 is 0 Å². The molecule has 0 aliphatic carbocycles. The SMILES string of the molecule is O=Cc1cc(F)ccc1Oc1ccc(Br)c(F)c1. The number of carbonyl (C=O) groups excluding carboxylic acids is 1. The quantitative estimate of drug-likeness (QED) is 0.788. The Hall–Kier alpha value is -1.75. The van der Waals surface area contributed by atoms with Gasteiger partial charge in [-0.05, 0) is 46.3 Å². The lowest BCUT2D eigenvalue weighted by Crippen LogP contribution is -1.92. The van der Waals surface area contributed by atoms with Crippen molar-refractivity contribution in [3.63, 3.8) is 0 Å². The average Bonchev–Trinajstić information content (AvgIpc) is 2.36. The lowest BCUT2D eigenvalue weighted by atomic mass is 10.2. The monoisotopic (exact) mass is 312 g/mol. The highest BCUT2D eigenvalue weighted by atomic mass is 79.9. The molecular weight excluding hydrogens is 306 g/mol. The summed E-state index contributed by atoms with van der Waals surface area (Å²) < 4.78 is 31.8. The summed E-state index contributed by atoms with van der Waals surface area (Å²) >= 11 is 3.02. The number of ether oxygens (including phenoxy) is 1. The first-order valence-electron chi connectivity index (χ1n) is 4.98. The van der Waals surface area contributed by atoms with Crippen LogP contribution in [-0.2, 0) is 0 Å². The van der Waals surface area contributed by atoms with Gasteiger partial charge in [-0.2, -0.15) is 0 Å². The third-order valence-electron chi connectivity index (χ3n) is 2.22. The molecule has 18 heavy (non-hydrogen) atoms. The van der Waals surface area contributed by atoms with Crippen LogP contribution in [0.3, 0.4) is 0 Å². The first kappa shape index (κ1) is 12.7. The van der Waals surface area contributed by atoms with Gasteiger partial charge < -0.3 is 4.74 Å². The van der Waals surface area contributed by atoms with E-state index in [4.69, 9.17) is 4.74 Å². The van der Waals surface area contributed by atoms with E-state index in [1.165, 1.54) is 24.3 Å². The number of aldehydes is 1. The normalized spacial score (nSPS) is 10.2. The molecule has 2 rings (SSSR count). The number of hydrogen-bond acceptors (Lipinski definition) is 2. The van der Waals surface area contributed by atoms with E-state index in [1.54, 1.807) is 0 Å². The van der Waals surface area contributed by atoms with Gasteiger partial charge in [-0.1, -0.05) is 0 Å². The second-order valence-electron chi connectivity index (χ2n) is 3.48. The molecule has 5 heteroatoms. The molecule has 0 saturated carbocycles. The second kappa shape index (κ2) is 5.27. The largest absolute Gasteiger partial charge is 0.457 e. The van der Waals surface area contributed by atoms with Crippen LogP contribution in [0.2, 0.25) is 0 Å². The Morgan fingerprint density at radius 3 is 2.56 bits per heavy atom. The molecule has 92 valence electrons. The third kappa shape index (κ3) is 2.73. The highest BCUT2D eigenvalue weighted by Gasteiger charge is 2.07. The molecule has 2 aromatic carbocycles. The van der Waals surface area contributed by atoms with Crippen molar-refractivity contribution in [3.8, 4) is 11.5 Å². The standard InChI is InChI=1S/C13H7BrF2O2/c14-11-3-2-10(6-12(11)16)18-13-4-1-9(15)5-8(13)7-17/h1-7H. The van der Waals surface area contributed by atoms with E-state index in [2.05, 4.69) is 15.9 Å². The van der Waals surface area contributed by atoms with Crippen molar-refractivity contribution in [3.05, 3.63) is 58.1 Å². The van der Waals surface area contributed by atoms with Gasteiger partial charge in [0.1, 0.15) is 23.1 Å². The van der Waals surface area contributed by atoms with Crippen molar-refractivity contribution < 1.29 is 18.3 Å². The summed E-state index contributed by atoms with van der Waals surface area (Å²) in [5.41, 5.74) is 0.0679. The molecule has 0 fully saturated rings. The lowest BCUT2D eigenvalue weighted by molar-refractivity contribution is 0.112. The minimum atomic E-state index is -0.536. The van der Waals surface area contributed by atoms with Gasteiger partial charge in [-0.25, -0.2) is 8.78 Å². The molecular formula is C13H7BrF2O2. The molecule has 0 aliphatic rings. The fourth-order valence-corrected chi connectivity index (χ4v) is 1.62. The molecule has 0 unspecified atom stereocenters. The summed E-state index contributed by atoms with van der Waals surface area (Å²) in [6.45, 7) is 0. The fraction of sp³-hybridized carbons (Fsp3) is 0. The number of carbonyl (C=O) groups is 1. The highest BCUT2D eigenvalue weighted by molar-refractivity contribution is 9.10. The zero-order valence-corrected chi connectivity index (χ0v) is 10.6. The Bertz CT molecular complexity index is 600. The van der Waals surface area contributed by atoms with Crippen LogP contribution in [0.4, 0.5) is 8.78 Å². The zero-order chi connectivity index (χ0) is 13.1. The Balaban J connectivity index is 2.33. The predicted molar refractivity (Wildman–Crippen MR) is 66.0 cm³/mol. The van der Waals surface area contributed by atoms with Crippen molar-refractivity contribution in [1.82, 2.24) is 0 Å². The highest BCUT2D eigenvalue weighted by Crippen LogP contribution is 2.27. The smallest absolute Gasteiger partial charge is 0.153 e. The van der Waals surface area contributed by atoms with Crippen molar-refractivity contribution in [2.45, 2.75) is 0 Å². The maximum absolute atomic E-state index is 13.3. The molecule has 0 aromatic heterocycles. The van der Waals surface area contributed by atoms with E-state index in [0.717, 1.165) is 12.1 Å². The minimum Gasteiger partial charge on any atom is -0.457 e. The first-order valence-corrected chi connectivity index (χ1v) is 5.77. The van der Waals surface area contributed by atoms with E-state index in [9.17, 15) is 13.6 Å². The Morgan fingerprint density at radius 1 is 1.11 bits per heavy atom. The summed E-state index contributed by atoms with van der Waals surface area (Å²) in [5.74, 6) is -0.618. The maximum Gasteiger partial charge on any atom is 0.153 e. The van der Waals surface area contributed by atoms with Crippen molar-refractivity contribution >= 4 is 22.2 Å². The Labute approximate surface area is 110 Å². The van der Waals surface area contributed by atoms with E-state index in [0.29, 0.717) is 10.8 Å². The van der Waals surface area contributed by atoms with Crippen LogP contribution in [0.1, 0.15) is 10.4 Å². The Morgan fingerprint density at radius 2 is 1.89 bits per heavy atom. The van der Waals surface area contributed by atoms with Crippen LogP contribution in [-0.4, -0.2) is 6.29 Å². The number of rotatable bonds is 3. The number of benzene rings is 2. The summed E-state index contributed by atoms with van der Waals surface area (Å²) in [4.78, 5) is 10.8. The molecule has 0 saturated heterocycles. The predicted octanol–water partition coefficient (Wildman–Crippen LogP) is 4.33. The molecule has 2 aromatic rings. The minimum absolute atomic E-state index is 0.0679. The number of hydrogen-bond donors (Lipinski definition) is 0. The summed E-state index contributed by atoms with van der Waals surface area (Å²) in [6.07, 6.45) is 0.480. The van der Waals surface area contributed by atoms with Crippen LogP contribution in [0.5, 0.6) is 11.5 Å². The van der Waals surface area contributed by atoms with E-state index >= 15 is 0 Å². The third-order valence-corrected chi connectivity index (χ3v) is 2.86. The van der Waals surface area contributed by atoms with Gasteiger partial charge in [0.05, 0.1) is 10.0 Å². The topological polar surface area (TPSA) is 26.3 Å². The number of halogens is 3. The second-order valence-corrected chi connectivity index (χ2v) is 4.33. The molecule has 0 radical (unpaired) electrons. The molecule has 0 heterocycles. The van der Waals surface area contributed by atoms with Crippen molar-refractivity contribution in [2.24, 2.45) is 0 Å². The van der Waals surface area contributed by atoms with E-state index < -0.39 is 11.6 Å². The van der Waals surface area contributed by atoms with E-state index in [-0.39, 0.29) is 17.1 Å². The summed E-state index contributed by atoms with van der Waals surface area (Å²) in [5, 5.41) is 0. The fourth-order valence-electron chi connectivity index (χ4n) is 1.37. The van der Waals surface area contributed by atoms with Gasteiger partial charge in [0.15, 0.2) is 6.29 Å². The molecule has 0 amide bonds. The first-order chi connectivity index (χ1) is 8.60. The van der Waals surface area contributed by atoms with Gasteiger partial charge in [0.25, 0.3) is 0 Å². The molecule has 0 atom stereocenters. The average molecular weight is 313 g/mol. The van der Waals surface area contributed by atoms with Gasteiger partial charge in [-0.3, -0.25) is 4.79 Å². The van der Waals surface area contributed by atoms with Crippen LogP contribution in [0, 0.1) is 11.6 Å². The molecule has 0 aliphatic heterocycles. The maximum atomic E-state index is 13.3. The Kier molecular flexibility index (Phi) is 3.72. The van der Waals surface area contributed by atoms with Crippen LogP contribution < -0.4 is 4.74 Å². The van der Waals surface area contributed by atoms with Crippen molar-refractivity contribution in [1.29, 1.82) is 0 Å². The van der Waals surface area contributed by atoms with Crippen molar-refractivity contribution in [2.75, 3.05) is 0 Å². The van der Waals surface area contributed by atoms with Crippen LogP contribution in [0.25, 0.3) is 0 Å². The van der Waals surface area contributed by atoms with Gasteiger partial charge in [0, 0.05) is 6.07 Å². The van der Waals surface area contributed by atoms with Gasteiger partial charge in [0.2, 0.25) is 0 Å². The molecule has 0 bridgehead atoms. The molecule has 0 spiro atoms. The van der Waals surface area contributed by atoms with Crippen LogP contribution in [0.15, 0.2) is 40.9 Å². The van der Waals surface area contributed by atoms with Crippen LogP contribution >= 0.6 is 15.9 Å². The molecule has 0 N–H and O–H groups in total. The molecule has 2 nitrogen and oxygen atoms in total. The van der Waals surface area contributed by atoms with E-state index in [1.807, 2.05) is 0 Å². The zero-order valence-electron chi connectivity index (χ0n) is 8.99. The van der Waals surface area contributed by atoms with Gasteiger partial charge in [-0.15, -0.1) is 0 Å². The summed E-state index contributed by atoms with van der Waals surface area (Å²) in [6, 6.07) is 7.72. The lowest BCUT2D eigenvalue weighted by Gasteiger charge is -2.08. The summed E-state index contributed by atoms with van der Waals surface area (Å²) in [7, 11) is 0.